The molecule has 1 atom stereocenters. The second-order valence-electron chi connectivity index (χ2n) is 4.66. The molecule has 2 rings (SSSR count). The number of hydrogen-bond donors (Lipinski definition) is 3. The van der Waals surface area contributed by atoms with Crippen molar-refractivity contribution in [3.8, 4) is 0 Å². The molecule has 1 unspecified atom stereocenters. The number of H-pyrrole nitrogens is 1. The summed E-state index contributed by atoms with van der Waals surface area (Å²) in [4.78, 5) is 4.11. The monoisotopic (exact) mass is 249 g/mol. The summed E-state index contributed by atoms with van der Waals surface area (Å²) >= 11 is 0. The lowest BCUT2D eigenvalue weighted by molar-refractivity contribution is 0.702. The van der Waals surface area contributed by atoms with Crippen LogP contribution in [0.2, 0.25) is 0 Å². The number of aromatic amines is 1. The molecule has 2 aromatic rings. The molecule has 0 saturated heterocycles. The van der Waals surface area contributed by atoms with Gasteiger partial charge in [-0.15, -0.1) is 0 Å². The Kier molecular flexibility index (Phi) is 3.22. The normalized spacial score (nSPS) is 12.9. The molecule has 0 aliphatic carbocycles. The van der Waals surface area contributed by atoms with Gasteiger partial charge < -0.3 is 11.1 Å². The van der Waals surface area contributed by atoms with Gasteiger partial charge in [0.25, 0.3) is 0 Å². The quantitative estimate of drug-likeness (QED) is 0.761. The number of nitrogens with two attached hydrogens (primary N) is 1. The van der Waals surface area contributed by atoms with Crippen molar-refractivity contribution in [2.24, 2.45) is 7.05 Å². The lowest BCUT2D eigenvalue weighted by atomic mass is 10.1. The van der Waals surface area contributed by atoms with Crippen molar-refractivity contribution in [2.75, 3.05) is 11.1 Å². The molecule has 0 fully saturated rings. The van der Waals surface area contributed by atoms with E-state index in [0.717, 1.165) is 17.3 Å². The topological polar surface area (TPSA) is 97.4 Å². The predicted octanol–water partition coefficient (Wildman–Crippen LogP) is 1.42. The summed E-state index contributed by atoms with van der Waals surface area (Å²) in [7, 11) is 1.87. The zero-order valence-corrected chi connectivity index (χ0v) is 11.1. The molecule has 98 valence electrons. The Morgan fingerprint density at radius 3 is 2.61 bits per heavy atom. The molecule has 2 aromatic heterocycles. The highest BCUT2D eigenvalue weighted by Crippen LogP contribution is 2.29. The summed E-state index contributed by atoms with van der Waals surface area (Å²) in [6.45, 7) is 6.13. The highest BCUT2D eigenvalue weighted by atomic mass is 15.3. The van der Waals surface area contributed by atoms with Crippen LogP contribution in [0.3, 0.4) is 0 Å². The molecule has 4 N–H and O–H groups in total. The molecule has 0 spiro atoms. The number of nitrogens with zero attached hydrogens (tertiary/aromatic N) is 4. The Hall–Kier alpha value is -2.05. The average molecular weight is 249 g/mol. The van der Waals surface area contributed by atoms with Crippen molar-refractivity contribution < 1.29 is 0 Å². The van der Waals surface area contributed by atoms with Gasteiger partial charge in [-0.2, -0.15) is 10.2 Å². The minimum absolute atomic E-state index is 0.00906. The molecular weight excluding hydrogens is 230 g/mol. The van der Waals surface area contributed by atoms with Gasteiger partial charge in [0, 0.05) is 7.05 Å². The van der Waals surface area contributed by atoms with E-state index in [-0.39, 0.29) is 6.04 Å². The second-order valence-corrected chi connectivity index (χ2v) is 4.66. The van der Waals surface area contributed by atoms with Crippen LogP contribution in [0.5, 0.6) is 0 Å². The zero-order valence-electron chi connectivity index (χ0n) is 11.1. The molecule has 0 saturated carbocycles. The lowest BCUT2D eigenvalue weighted by Gasteiger charge is -2.13. The molecule has 7 nitrogen and oxygen atoms in total. The van der Waals surface area contributed by atoms with Gasteiger partial charge >= 0.3 is 0 Å². The maximum atomic E-state index is 6.11. The standard InChI is InChI=1S/C11H19N7/c1-6(2)9-8(12)11(18(4)17-9)15-7(3)10-13-5-14-16-10/h5-7,15H,12H2,1-4H3,(H,13,14,16). The number of nitrogens with one attached hydrogen (secondary N) is 2. The van der Waals surface area contributed by atoms with Crippen LogP contribution in [0, 0.1) is 0 Å². The van der Waals surface area contributed by atoms with Crippen LogP contribution in [-0.2, 0) is 7.05 Å². The summed E-state index contributed by atoms with van der Waals surface area (Å²) in [6, 6.07) is -0.00906. The smallest absolute Gasteiger partial charge is 0.148 e. The highest BCUT2D eigenvalue weighted by molar-refractivity contribution is 5.66. The van der Waals surface area contributed by atoms with E-state index in [4.69, 9.17) is 5.73 Å². The van der Waals surface area contributed by atoms with Gasteiger partial charge in [-0.3, -0.25) is 9.78 Å². The van der Waals surface area contributed by atoms with E-state index in [1.165, 1.54) is 6.33 Å². The van der Waals surface area contributed by atoms with Crippen LogP contribution in [0.25, 0.3) is 0 Å². The average Bonchev–Trinajstić information content (AvgIpc) is 2.92. The third-order valence-electron chi connectivity index (χ3n) is 2.86. The molecule has 0 aliphatic heterocycles. The zero-order chi connectivity index (χ0) is 13.3. The van der Waals surface area contributed by atoms with Crippen molar-refractivity contribution in [2.45, 2.75) is 32.7 Å². The van der Waals surface area contributed by atoms with E-state index in [1.54, 1.807) is 4.68 Å². The number of hydrogen-bond acceptors (Lipinski definition) is 5. The molecule has 7 heteroatoms. The Morgan fingerprint density at radius 2 is 2.11 bits per heavy atom. The maximum Gasteiger partial charge on any atom is 0.148 e. The number of aromatic nitrogens is 5. The van der Waals surface area contributed by atoms with Gasteiger partial charge in [0.2, 0.25) is 0 Å². The van der Waals surface area contributed by atoms with E-state index < -0.39 is 0 Å². The minimum Gasteiger partial charge on any atom is -0.394 e. The molecule has 2 heterocycles. The number of nitrogen functional groups attached to an aromatic ring is 1. The van der Waals surface area contributed by atoms with Gasteiger partial charge in [-0.1, -0.05) is 13.8 Å². The SMILES string of the molecule is CC(C)c1nn(C)c(NC(C)c2ncn[nH]2)c1N. The Balaban J connectivity index is 2.24. The number of anilines is 2. The molecule has 0 bridgehead atoms. The molecular formula is C11H19N7. The van der Waals surface area contributed by atoms with E-state index in [0.29, 0.717) is 11.6 Å². The van der Waals surface area contributed by atoms with Gasteiger partial charge in [0.15, 0.2) is 0 Å². The van der Waals surface area contributed by atoms with Crippen LogP contribution >= 0.6 is 0 Å². The first-order valence-electron chi connectivity index (χ1n) is 5.94. The number of rotatable bonds is 4. The fourth-order valence-electron chi connectivity index (χ4n) is 1.86. The Bertz CT molecular complexity index is 512. The summed E-state index contributed by atoms with van der Waals surface area (Å²) in [5.74, 6) is 1.87. The third-order valence-corrected chi connectivity index (χ3v) is 2.86. The van der Waals surface area contributed by atoms with E-state index in [2.05, 4.69) is 39.4 Å². The van der Waals surface area contributed by atoms with Crippen molar-refractivity contribution >= 4 is 11.5 Å². The predicted molar refractivity (Wildman–Crippen MR) is 70.1 cm³/mol. The first-order valence-corrected chi connectivity index (χ1v) is 5.94. The van der Waals surface area contributed by atoms with Crippen molar-refractivity contribution in [3.63, 3.8) is 0 Å². The Morgan fingerprint density at radius 1 is 1.39 bits per heavy atom. The molecule has 18 heavy (non-hydrogen) atoms. The minimum atomic E-state index is -0.00906. The number of aryl methyl sites for hydroxylation is 1. The second kappa shape index (κ2) is 4.67. The third kappa shape index (κ3) is 2.15. The van der Waals surface area contributed by atoms with E-state index in [1.807, 2.05) is 14.0 Å². The molecule has 0 radical (unpaired) electrons. The maximum absolute atomic E-state index is 6.11. The first-order chi connectivity index (χ1) is 8.50. The summed E-state index contributed by atoms with van der Waals surface area (Å²) in [5.41, 5.74) is 7.72. The van der Waals surface area contributed by atoms with Crippen LogP contribution < -0.4 is 11.1 Å². The van der Waals surface area contributed by atoms with Crippen molar-refractivity contribution in [1.82, 2.24) is 25.0 Å². The first kappa shape index (κ1) is 12.4. The van der Waals surface area contributed by atoms with Crippen LogP contribution in [0.4, 0.5) is 11.5 Å². The van der Waals surface area contributed by atoms with Gasteiger partial charge in [0.05, 0.1) is 17.4 Å². The molecule has 0 aliphatic rings. The van der Waals surface area contributed by atoms with Gasteiger partial charge in [0.1, 0.15) is 18.0 Å². The van der Waals surface area contributed by atoms with E-state index in [9.17, 15) is 0 Å². The summed E-state index contributed by atoms with van der Waals surface area (Å²) < 4.78 is 1.76. The van der Waals surface area contributed by atoms with Crippen LogP contribution in [0.15, 0.2) is 6.33 Å². The fraction of sp³-hybridized carbons (Fsp3) is 0.545. The van der Waals surface area contributed by atoms with Gasteiger partial charge in [-0.25, -0.2) is 4.98 Å². The largest absolute Gasteiger partial charge is 0.394 e. The van der Waals surface area contributed by atoms with Crippen molar-refractivity contribution in [1.29, 1.82) is 0 Å². The van der Waals surface area contributed by atoms with E-state index >= 15 is 0 Å². The van der Waals surface area contributed by atoms with Crippen molar-refractivity contribution in [3.05, 3.63) is 17.8 Å². The highest BCUT2D eigenvalue weighted by Gasteiger charge is 2.18. The van der Waals surface area contributed by atoms with Crippen LogP contribution in [-0.4, -0.2) is 25.0 Å². The van der Waals surface area contributed by atoms with Crippen LogP contribution in [0.1, 0.15) is 44.2 Å². The molecule has 0 amide bonds. The van der Waals surface area contributed by atoms with Gasteiger partial charge in [-0.05, 0) is 12.8 Å². The fourth-order valence-corrected chi connectivity index (χ4v) is 1.86. The summed E-state index contributed by atoms with van der Waals surface area (Å²) in [6.07, 6.45) is 1.49. The lowest BCUT2D eigenvalue weighted by Crippen LogP contribution is -2.12. The molecule has 0 aromatic carbocycles. The summed E-state index contributed by atoms with van der Waals surface area (Å²) in [5, 5.41) is 14.4. The Labute approximate surface area is 106 Å².